The van der Waals surface area contributed by atoms with Crippen molar-refractivity contribution in [2.24, 2.45) is 0 Å². The Morgan fingerprint density at radius 2 is 0.421 bits per heavy atom. The molecular weight excluding hydrogens is 917 g/mol. The maximum absolute atomic E-state index is 2.50. The number of nitrogens with zero attached hydrogens (tertiary/aromatic N) is 2. The summed E-state index contributed by atoms with van der Waals surface area (Å²) in [4.78, 5) is 4.99. The first kappa shape index (κ1) is 44.7. The van der Waals surface area contributed by atoms with Crippen LogP contribution in [0, 0.1) is 0 Å². The molecule has 0 radical (unpaired) electrons. The summed E-state index contributed by atoms with van der Waals surface area (Å²) >= 11 is 0. The van der Waals surface area contributed by atoms with Crippen molar-refractivity contribution in [3.63, 3.8) is 0 Å². The molecule has 0 saturated carbocycles. The van der Waals surface area contributed by atoms with E-state index in [2.05, 4.69) is 313 Å². The summed E-state index contributed by atoms with van der Waals surface area (Å²) in [6.07, 6.45) is 0. The van der Waals surface area contributed by atoms with Gasteiger partial charge in [-0.2, -0.15) is 0 Å². The summed E-state index contributed by atoms with van der Waals surface area (Å²) in [5.41, 5.74) is 16.1. The fourth-order valence-electron chi connectivity index (χ4n) is 11.3. The van der Waals surface area contributed by atoms with Crippen molar-refractivity contribution in [1.29, 1.82) is 0 Å². The lowest BCUT2D eigenvalue weighted by Gasteiger charge is -2.32. The second kappa shape index (κ2) is 19.1. The first-order chi connectivity index (χ1) is 37.7. The Hall–Kier alpha value is -10.0. The Kier molecular flexibility index (Phi) is 11.2. The molecule has 2 nitrogen and oxygen atoms in total. The van der Waals surface area contributed by atoms with Crippen molar-refractivity contribution in [3.8, 4) is 44.5 Å². The van der Waals surface area contributed by atoms with Gasteiger partial charge in [-0.1, -0.05) is 243 Å². The van der Waals surface area contributed by atoms with E-state index in [4.69, 9.17) is 0 Å². The number of rotatable bonds is 10. The topological polar surface area (TPSA) is 6.48 Å². The van der Waals surface area contributed by atoms with Crippen LogP contribution >= 0.6 is 0 Å². The van der Waals surface area contributed by atoms with Crippen LogP contribution in [0.3, 0.4) is 0 Å². The Labute approximate surface area is 443 Å². The van der Waals surface area contributed by atoms with Gasteiger partial charge >= 0.3 is 0 Å². The molecule has 0 heterocycles. The van der Waals surface area contributed by atoms with Gasteiger partial charge in [-0.05, 0) is 137 Å². The lowest BCUT2D eigenvalue weighted by Crippen LogP contribution is -2.13. The highest BCUT2D eigenvalue weighted by Crippen LogP contribution is 2.51. The fraction of sp³-hybridized carbons (Fsp3) is 0. The molecule has 14 aromatic rings. The average molecular weight is 967 g/mol. The summed E-state index contributed by atoms with van der Waals surface area (Å²) in [5.74, 6) is 0. The van der Waals surface area contributed by atoms with Crippen molar-refractivity contribution < 1.29 is 0 Å². The van der Waals surface area contributed by atoms with Crippen LogP contribution in [0.15, 0.2) is 303 Å². The first-order valence-electron chi connectivity index (χ1n) is 26.1. The fourth-order valence-corrected chi connectivity index (χ4v) is 11.3. The molecular formula is C74H50N2. The van der Waals surface area contributed by atoms with Crippen molar-refractivity contribution in [3.05, 3.63) is 303 Å². The molecule has 0 N–H and O–H groups in total. The molecule has 0 atom stereocenters. The van der Waals surface area contributed by atoms with Gasteiger partial charge in [-0.25, -0.2) is 0 Å². The van der Waals surface area contributed by atoms with Crippen molar-refractivity contribution in [2.75, 3.05) is 9.80 Å². The van der Waals surface area contributed by atoms with E-state index in [0.29, 0.717) is 0 Å². The van der Waals surface area contributed by atoms with Gasteiger partial charge in [-0.3, -0.25) is 0 Å². The van der Waals surface area contributed by atoms with Crippen LogP contribution in [0.4, 0.5) is 34.1 Å². The van der Waals surface area contributed by atoms with Crippen LogP contribution in [0.1, 0.15) is 0 Å². The molecule has 0 aromatic heterocycles. The van der Waals surface area contributed by atoms with Crippen LogP contribution in [0.5, 0.6) is 0 Å². The summed E-state index contributed by atoms with van der Waals surface area (Å²) in [6.45, 7) is 0. The quantitative estimate of drug-likeness (QED) is 0.126. The molecule has 0 spiro atoms. The number of benzene rings is 14. The molecule has 14 aromatic carbocycles. The van der Waals surface area contributed by atoms with E-state index in [1.54, 1.807) is 0 Å². The second-order valence-corrected chi connectivity index (χ2v) is 19.7. The van der Waals surface area contributed by atoms with E-state index in [9.17, 15) is 0 Å². The third kappa shape index (κ3) is 8.19. The maximum Gasteiger partial charge on any atom is 0.0619 e. The predicted octanol–water partition coefficient (Wildman–Crippen LogP) is 21.1. The Morgan fingerprint density at radius 3 is 0.776 bits per heavy atom. The zero-order valence-corrected chi connectivity index (χ0v) is 41.8. The van der Waals surface area contributed by atoms with Crippen LogP contribution < -0.4 is 9.80 Å². The van der Waals surface area contributed by atoms with Crippen molar-refractivity contribution in [1.82, 2.24) is 0 Å². The molecule has 0 amide bonds. The molecule has 0 saturated heterocycles. The van der Waals surface area contributed by atoms with Gasteiger partial charge in [0, 0.05) is 44.3 Å². The molecule has 356 valence electrons. The highest BCUT2D eigenvalue weighted by Gasteiger charge is 2.25. The molecule has 0 bridgehead atoms. The molecule has 14 rings (SSSR count). The van der Waals surface area contributed by atoms with E-state index >= 15 is 0 Å². The van der Waals surface area contributed by atoms with Crippen LogP contribution in [0.25, 0.3) is 98.4 Å². The molecule has 76 heavy (non-hydrogen) atoms. The van der Waals surface area contributed by atoms with E-state index in [1.165, 1.54) is 76.8 Å². The molecule has 2 heteroatoms. The number of hydrogen-bond acceptors (Lipinski definition) is 2. The third-order valence-corrected chi connectivity index (χ3v) is 15.2. The highest BCUT2D eigenvalue weighted by atomic mass is 15.2. The van der Waals surface area contributed by atoms with Crippen LogP contribution in [-0.4, -0.2) is 0 Å². The van der Waals surface area contributed by atoms with Gasteiger partial charge in [0.25, 0.3) is 0 Å². The normalized spacial score (nSPS) is 11.4. The van der Waals surface area contributed by atoms with E-state index < -0.39 is 0 Å². The first-order valence-corrected chi connectivity index (χ1v) is 26.1. The number of hydrogen-bond donors (Lipinski definition) is 0. The summed E-state index contributed by atoms with van der Waals surface area (Å²) in [7, 11) is 0. The number of fused-ring (bicyclic) bond motifs is 5. The smallest absolute Gasteiger partial charge is 0.0619 e. The van der Waals surface area contributed by atoms with Gasteiger partial charge in [0.1, 0.15) is 0 Å². The summed E-state index contributed by atoms with van der Waals surface area (Å²) < 4.78 is 0. The Bertz CT molecular complexity index is 4120. The standard InChI is InChI=1S/C74H50N2/c1-3-15-51(16-4-1)55-27-31-57(32-28-55)59-35-41-65(42-36-59)75(67-45-39-53-19-7-9-21-61(53)47-67)73-69-25-13-11-23-63(69)50-72-71(73)49-64-24-12-14-26-70(64)74(72)76(68-46-40-54-20-8-10-22-62(54)48-68)66-43-37-60(38-44-66)58-33-29-56(30-34-58)52-17-5-2-6-18-52/h1-50H. The predicted molar refractivity (Wildman–Crippen MR) is 325 cm³/mol. The summed E-state index contributed by atoms with van der Waals surface area (Å²) in [6, 6.07) is 111. The second-order valence-electron chi connectivity index (χ2n) is 19.7. The SMILES string of the molecule is c1ccc(-c2ccc(-c3ccc(N(c4ccc5ccccc5c4)c4c5ccccc5cc5c(N(c6ccc(-c7ccc(-c8ccccc8)cc7)cc6)c6ccc7ccccc7c6)c6ccccc6cc45)cc3)cc2)cc1. The van der Waals surface area contributed by atoms with Gasteiger partial charge in [-0.15, -0.1) is 0 Å². The third-order valence-electron chi connectivity index (χ3n) is 15.2. The molecule has 0 aliphatic carbocycles. The maximum atomic E-state index is 2.50. The van der Waals surface area contributed by atoms with E-state index in [-0.39, 0.29) is 0 Å². The van der Waals surface area contributed by atoms with E-state index in [0.717, 1.165) is 55.7 Å². The number of anilines is 6. The van der Waals surface area contributed by atoms with Gasteiger partial charge in [0.15, 0.2) is 0 Å². The van der Waals surface area contributed by atoms with Gasteiger partial charge in [0.2, 0.25) is 0 Å². The molecule has 0 unspecified atom stereocenters. The zero-order valence-electron chi connectivity index (χ0n) is 41.8. The molecule has 0 aliphatic heterocycles. The monoisotopic (exact) mass is 966 g/mol. The highest BCUT2D eigenvalue weighted by molar-refractivity contribution is 6.24. The largest absolute Gasteiger partial charge is 0.309 e. The lowest BCUT2D eigenvalue weighted by molar-refractivity contribution is 1.31. The molecule has 0 fully saturated rings. The Morgan fingerprint density at radius 1 is 0.158 bits per heavy atom. The van der Waals surface area contributed by atoms with Crippen molar-refractivity contribution in [2.45, 2.75) is 0 Å². The molecule has 0 aliphatic rings. The van der Waals surface area contributed by atoms with Crippen LogP contribution in [-0.2, 0) is 0 Å². The van der Waals surface area contributed by atoms with E-state index in [1.807, 2.05) is 0 Å². The van der Waals surface area contributed by atoms with Crippen molar-refractivity contribution >= 4 is 88.0 Å². The summed E-state index contributed by atoms with van der Waals surface area (Å²) in [5, 5.41) is 11.8. The average Bonchev–Trinajstić information content (AvgIpc) is 3.60. The lowest BCUT2D eigenvalue weighted by atomic mass is 9.93. The van der Waals surface area contributed by atoms with Gasteiger partial charge in [0.05, 0.1) is 11.4 Å². The minimum atomic E-state index is 1.08. The Balaban J connectivity index is 0.983. The minimum Gasteiger partial charge on any atom is -0.309 e. The van der Waals surface area contributed by atoms with Gasteiger partial charge < -0.3 is 9.80 Å². The minimum absolute atomic E-state index is 1.08. The zero-order chi connectivity index (χ0) is 50.4. The van der Waals surface area contributed by atoms with Crippen LogP contribution in [0.2, 0.25) is 0 Å².